The molecule has 1 saturated heterocycles. The molecule has 1 aliphatic rings. The highest BCUT2D eigenvalue weighted by atomic mass is 35.5. The third-order valence-corrected chi connectivity index (χ3v) is 5.99. The maximum absolute atomic E-state index is 12.8. The van der Waals surface area contributed by atoms with Gasteiger partial charge in [-0.05, 0) is 49.9 Å². The molecule has 0 saturated carbocycles. The molecule has 1 heterocycles. The molecule has 1 atom stereocenters. The van der Waals surface area contributed by atoms with Gasteiger partial charge in [-0.3, -0.25) is 4.79 Å². The van der Waals surface area contributed by atoms with E-state index >= 15 is 0 Å². The lowest BCUT2D eigenvalue weighted by Gasteiger charge is -2.31. The average Bonchev–Trinajstić information content (AvgIpc) is 2.54. The molecule has 1 amide bonds. The number of nitrogens with two attached hydrogens (primary N) is 2. The molecule has 2 rings (SSSR count). The second-order valence-corrected chi connectivity index (χ2v) is 7.61. The van der Waals surface area contributed by atoms with E-state index in [9.17, 15) is 13.2 Å². The fourth-order valence-electron chi connectivity index (χ4n) is 2.91. The van der Waals surface area contributed by atoms with Crippen LogP contribution in [0.2, 0.25) is 0 Å². The van der Waals surface area contributed by atoms with Gasteiger partial charge in [0, 0.05) is 13.1 Å². The Kier molecular flexibility index (Phi) is 7.47. The quantitative estimate of drug-likeness (QED) is 0.766. The summed E-state index contributed by atoms with van der Waals surface area (Å²) >= 11 is 0. The highest BCUT2D eigenvalue weighted by Gasteiger charge is 2.30. The summed E-state index contributed by atoms with van der Waals surface area (Å²) in [4.78, 5) is 11.5. The molecule has 1 unspecified atom stereocenters. The predicted octanol–water partition coefficient (Wildman–Crippen LogP) is 0.965. The minimum absolute atomic E-state index is 0. The van der Waals surface area contributed by atoms with E-state index in [0.717, 1.165) is 19.3 Å². The number of benzene rings is 1. The normalized spacial score (nSPS) is 18.7. The molecule has 1 fully saturated rings. The molecule has 0 radical (unpaired) electrons. The molecule has 0 aromatic heterocycles. The molecule has 1 aromatic carbocycles. The minimum atomic E-state index is -3.67. The van der Waals surface area contributed by atoms with Crippen molar-refractivity contribution in [3.8, 4) is 5.75 Å². The maximum Gasteiger partial charge on any atom is 0.252 e. The van der Waals surface area contributed by atoms with Crippen molar-refractivity contribution in [2.24, 2.45) is 17.4 Å². The van der Waals surface area contributed by atoms with Gasteiger partial charge in [-0.25, -0.2) is 8.42 Å². The second-order valence-electron chi connectivity index (χ2n) is 5.67. The number of piperidine rings is 1. The first kappa shape index (κ1) is 20.7. The van der Waals surface area contributed by atoms with Crippen LogP contribution in [0.4, 0.5) is 0 Å². The van der Waals surface area contributed by atoms with Crippen molar-refractivity contribution in [1.29, 1.82) is 0 Å². The molecule has 7 nitrogen and oxygen atoms in total. The Morgan fingerprint density at radius 2 is 2.12 bits per heavy atom. The number of carbonyl (C=O) groups excluding carboxylic acids is 1. The summed E-state index contributed by atoms with van der Waals surface area (Å²) in [5, 5.41) is 0. The van der Waals surface area contributed by atoms with Gasteiger partial charge in [-0.15, -0.1) is 12.4 Å². The van der Waals surface area contributed by atoms with Crippen LogP contribution in [0.5, 0.6) is 5.75 Å². The number of sulfonamides is 1. The standard InChI is InChI=1S/C15H23N3O4S.ClH/c1-22-14-5-4-12(9-13(14)15(17)19)23(20,21)18-8-2-3-11(10-18)6-7-16;/h4-5,9,11H,2-3,6-8,10,16H2,1H3,(H2,17,19);1H. The van der Waals surface area contributed by atoms with Crippen molar-refractivity contribution in [1.82, 2.24) is 4.31 Å². The van der Waals surface area contributed by atoms with Gasteiger partial charge < -0.3 is 16.2 Å². The van der Waals surface area contributed by atoms with E-state index in [-0.39, 0.29) is 34.5 Å². The highest BCUT2D eigenvalue weighted by Crippen LogP contribution is 2.28. The summed E-state index contributed by atoms with van der Waals surface area (Å²) in [6.07, 6.45) is 2.60. The van der Waals surface area contributed by atoms with Gasteiger partial charge in [0.05, 0.1) is 17.6 Å². The fourth-order valence-corrected chi connectivity index (χ4v) is 4.49. The number of ether oxygens (including phenoxy) is 1. The number of rotatable bonds is 6. The number of primary amides is 1. The zero-order chi connectivity index (χ0) is 17.0. The number of nitrogens with zero attached hydrogens (tertiary/aromatic N) is 1. The first-order valence-electron chi connectivity index (χ1n) is 7.58. The Morgan fingerprint density at radius 1 is 1.42 bits per heavy atom. The van der Waals surface area contributed by atoms with E-state index in [4.69, 9.17) is 16.2 Å². The van der Waals surface area contributed by atoms with E-state index in [1.807, 2.05) is 0 Å². The van der Waals surface area contributed by atoms with Gasteiger partial charge in [-0.2, -0.15) is 4.31 Å². The zero-order valence-electron chi connectivity index (χ0n) is 13.6. The molecule has 0 spiro atoms. The number of carbonyl (C=O) groups is 1. The summed E-state index contributed by atoms with van der Waals surface area (Å²) in [5.41, 5.74) is 10.9. The third-order valence-electron chi connectivity index (χ3n) is 4.13. The number of amides is 1. The largest absolute Gasteiger partial charge is 0.496 e. The molecule has 24 heavy (non-hydrogen) atoms. The highest BCUT2D eigenvalue weighted by molar-refractivity contribution is 7.89. The Labute approximate surface area is 148 Å². The van der Waals surface area contributed by atoms with Crippen LogP contribution in [0.3, 0.4) is 0 Å². The molecule has 9 heteroatoms. The molecule has 0 bridgehead atoms. The van der Waals surface area contributed by atoms with Crippen molar-refractivity contribution in [3.63, 3.8) is 0 Å². The van der Waals surface area contributed by atoms with E-state index in [1.165, 1.54) is 29.6 Å². The molecule has 0 aliphatic carbocycles. The summed E-state index contributed by atoms with van der Waals surface area (Å²) in [6.45, 7) is 1.48. The summed E-state index contributed by atoms with van der Waals surface area (Å²) in [7, 11) is -2.26. The van der Waals surface area contributed by atoms with Crippen LogP contribution in [-0.2, 0) is 10.0 Å². The number of methoxy groups -OCH3 is 1. The zero-order valence-corrected chi connectivity index (χ0v) is 15.2. The number of hydrogen-bond donors (Lipinski definition) is 2. The lowest BCUT2D eigenvalue weighted by molar-refractivity contribution is 0.0997. The second kappa shape index (κ2) is 8.66. The van der Waals surface area contributed by atoms with E-state index in [0.29, 0.717) is 19.6 Å². The molecule has 136 valence electrons. The van der Waals surface area contributed by atoms with Crippen molar-refractivity contribution < 1.29 is 17.9 Å². The van der Waals surface area contributed by atoms with Gasteiger partial charge in [0.2, 0.25) is 10.0 Å². The summed E-state index contributed by atoms with van der Waals surface area (Å²) < 4.78 is 32.1. The number of halogens is 1. The maximum atomic E-state index is 12.8. The summed E-state index contributed by atoms with van der Waals surface area (Å²) in [5.74, 6) is -0.188. The van der Waals surface area contributed by atoms with Crippen LogP contribution < -0.4 is 16.2 Å². The smallest absolute Gasteiger partial charge is 0.252 e. The molecule has 1 aliphatic heterocycles. The first-order valence-corrected chi connectivity index (χ1v) is 9.02. The predicted molar refractivity (Wildman–Crippen MR) is 93.9 cm³/mol. The van der Waals surface area contributed by atoms with Crippen LogP contribution >= 0.6 is 12.4 Å². The Hall–Kier alpha value is -1.35. The third kappa shape index (κ3) is 4.38. The lowest BCUT2D eigenvalue weighted by atomic mass is 9.96. The van der Waals surface area contributed by atoms with Crippen molar-refractivity contribution >= 4 is 28.3 Å². The van der Waals surface area contributed by atoms with Crippen molar-refractivity contribution in [2.75, 3.05) is 26.7 Å². The molecule has 4 N–H and O–H groups in total. The van der Waals surface area contributed by atoms with E-state index < -0.39 is 15.9 Å². The van der Waals surface area contributed by atoms with E-state index in [1.54, 1.807) is 0 Å². The van der Waals surface area contributed by atoms with Crippen molar-refractivity contribution in [2.45, 2.75) is 24.2 Å². The Bertz CT molecular complexity index is 679. The Morgan fingerprint density at radius 3 is 2.71 bits per heavy atom. The molecular formula is C15H24ClN3O4S. The SMILES string of the molecule is COc1ccc(S(=O)(=O)N2CCCC(CCN)C2)cc1C(N)=O.Cl. The van der Waals surface area contributed by atoms with E-state index in [2.05, 4.69) is 0 Å². The minimum Gasteiger partial charge on any atom is -0.496 e. The monoisotopic (exact) mass is 377 g/mol. The lowest BCUT2D eigenvalue weighted by Crippen LogP contribution is -2.40. The van der Waals surface area contributed by atoms with Gasteiger partial charge >= 0.3 is 0 Å². The van der Waals surface area contributed by atoms with Gasteiger partial charge in [0.1, 0.15) is 5.75 Å². The topological polar surface area (TPSA) is 116 Å². The van der Waals surface area contributed by atoms with Gasteiger partial charge in [-0.1, -0.05) is 0 Å². The average molecular weight is 378 g/mol. The fraction of sp³-hybridized carbons (Fsp3) is 0.533. The van der Waals surface area contributed by atoms with Crippen LogP contribution in [0.1, 0.15) is 29.6 Å². The summed E-state index contributed by atoms with van der Waals surface area (Å²) in [6, 6.07) is 4.17. The number of hydrogen-bond acceptors (Lipinski definition) is 5. The van der Waals surface area contributed by atoms with Crippen molar-refractivity contribution in [3.05, 3.63) is 23.8 Å². The molecular weight excluding hydrogens is 354 g/mol. The Balaban J connectivity index is 0.00000288. The molecule has 1 aromatic rings. The van der Waals surface area contributed by atoms with Gasteiger partial charge in [0.25, 0.3) is 5.91 Å². The first-order chi connectivity index (χ1) is 10.9. The van der Waals surface area contributed by atoms with Gasteiger partial charge in [0.15, 0.2) is 0 Å². The van der Waals surface area contributed by atoms with Crippen LogP contribution in [0.25, 0.3) is 0 Å². The van der Waals surface area contributed by atoms with Crippen LogP contribution in [0.15, 0.2) is 23.1 Å². The van der Waals surface area contributed by atoms with Crippen LogP contribution in [-0.4, -0.2) is 45.4 Å². The van der Waals surface area contributed by atoms with Crippen LogP contribution in [0, 0.1) is 5.92 Å².